The van der Waals surface area contributed by atoms with Gasteiger partial charge in [-0.2, -0.15) is 0 Å². The van der Waals surface area contributed by atoms with E-state index in [1.165, 1.54) is 87.7 Å². The fourth-order valence-corrected chi connectivity index (χ4v) is 4.52. The SMILES string of the molecule is C=C(C)COCCCCCC[N+](CCC)(CCC)CCC.Cc1ccc(S(=O)(=O)[O-])cc1. The fraction of sp³-hybridized carbons (Fsp3) is 0.692. The van der Waals surface area contributed by atoms with Crippen LogP contribution in [-0.4, -0.2) is 56.8 Å². The highest BCUT2D eigenvalue weighted by Gasteiger charge is 2.23. The third-order valence-corrected chi connectivity index (χ3v) is 6.27. The van der Waals surface area contributed by atoms with Crippen LogP contribution in [0.4, 0.5) is 0 Å². The van der Waals surface area contributed by atoms with E-state index in [2.05, 4.69) is 27.4 Å². The maximum atomic E-state index is 10.4. The molecule has 0 amide bonds. The van der Waals surface area contributed by atoms with Crippen LogP contribution in [0.15, 0.2) is 41.3 Å². The van der Waals surface area contributed by atoms with Crippen molar-refractivity contribution < 1.29 is 22.2 Å². The van der Waals surface area contributed by atoms with Crippen LogP contribution in [-0.2, 0) is 14.9 Å². The summed E-state index contributed by atoms with van der Waals surface area (Å²) < 4.78 is 38.1. The van der Waals surface area contributed by atoms with E-state index in [1.807, 2.05) is 13.8 Å². The van der Waals surface area contributed by atoms with E-state index < -0.39 is 10.1 Å². The largest absolute Gasteiger partial charge is 0.744 e. The highest BCUT2D eigenvalue weighted by Crippen LogP contribution is 2.15. The molecule has 0 fully saturated rings. The molecule has 6 heteroatoms. The smallest absolute Gasteiger partial charge is 0.124 e. The second-order valence-electron chi connectivity index (χ2n) is 8.93. The predicted octanol–water partition coefficient (Wildman–Crippen LogP) is 6.09. The first-order valence-electron chi connectivity index (χ1n) is 12.2. The molecule has 0 aliphatic carbocycles. The number of hydrogen-bond acceptors (Lipinski definition) is 4. The molecule has 0 spiro atoms. The van der Waals surface area contributed by atoms with Crippen molar-refractivity contribution in [3.05, 3.63) is 42.0 Å². The molecule has 1 aromatic carbocycles. The van der Waals surface area contributed by atoms with Gasteiger partial charge in [0.1, 0.15) is 10.1 Å². The van der Waals surface area contributed by atoms with Gasteiger partial charge < -0.3 is 13.8 Å². The molecule has 1 aromatic rings. The molecule has 0 atom stereocenters. The lowest BCUT2D eigenvalue weighted by Crippen LogP contribution is -2.50. The van der Waals surface area contributed by atoms with Crippen LogP contribution in [0.1, 0.15) is 78.2 Å². The molecule has 0 aliphatic rings. The first-order valence-corrected chi connectivity index (χ1v) is 13.6. The molecule has 0 saturated carbocycles. The molecule has 186 valence electrons. The summed E-state index contributed by atoms with van der Waals surface area (Å²) in [4.78, 5) is -0.178. The second-order valence-corrected chi connectivity index (χ2v) is 10.3. The first-order chi connectivity index (χ1) is 15.1. The Morgan fingerprint density at radius 1 is 0.906 bits per heavy atom. The Bertz CT molecular complexity index is 697. The lowest BCUT2D eigenvalue weighted by atomic mass is 10.1. The zero-order valence-corrected chi connectivity index (χ0v) is 22.0. The summed E-state index contributed by atoms with van der Waals surface area (Å²) >= 11 is 0. The maximum Gasteiger partial charge on any atom is 0.124 e. The normalized spacial score (nSPS) is 11.7. The third-order valence-electron chi connectivity index (χ3n) is 5.42. The van der Waals surface area contributed by atoms with Gasteiger partial charge in [0.05, 0.1) is 37.7 Å². The van der Waals surface area contributed by atoms with E-state index in [9.17, 15) is 13.0 Å². The van der Waals surface area contributed by atoms with Gasteiger partial charge in [-0.15, -0.1) is 0 Å². The Morgan fingerprint density at radius 3 is 1.84 bits per heavy atom. The van der Waals surface area contributed by atoms with Gasteiger partial charge in [-0.3, -0.25) is 0 Å². The van der Waals surface area contributed by atoms with Crippen LogP contribution < -0.4 is 0 Å². The van der Waals surface area contributed by atoms with Crippen LogP contribution in [0.25, 0.3) is 0 Å². The van der Waals surface area contributed by atoms with Crippen molar-refractivity contribution >= 4 is 10.1 Å². The minimum atomic E-state index is -4.27. The molecule has 0 bridgehead atoms. The fourth-order valence-electron chi connectivity index (χ4n) is 4.05. The topological polar surface area (TPSA) is 66.4 Å². The number of nitrogens with zero attached hydrogens (tertiary/aromatic N) is 1. The Kier molecular flexibility index (Phi) is 16.6. The number of unbranched alkanes of at least 4 members (excludes halogenated alkanes) is 3. The van der Waals surface area contributed by atoms with Crippen LogP contribution in [0.5, 0.6) is 0 Å². The quantitative estimate of drug-likeness (QED) is 0.127. The van der Waals surface area contributed by atoms with Crippen molar-refractivity contribution in [3.8, 4) is 0 Å². The molecule has 32 heavy (non-hydrogen) atoms. The van der Waals surface area contributed by atoms with Crippen molar-refractivity contribution in [3.63, 3.8) is 0 Å². The van der Waals surface area contributed by atoms with Crippen molar-refractivity contribution in [2.75, 3.05) is 39.4 Å². The molecular weight excluding hydrogens is 422 g/mol. The van der Waals surface area contributed by atoms with Crippen molar-refractivity contribution in [2.45, 2.75) is 84.5 Å². The summed E-state index contributed by atoms with van der Waals surface area (Å²) in [5, 5.41) is 0. The second kappa shape index (κ2) is 17.3. The number of benzene rings is 1. The van der Waals surface area contributed by atoms with E-state index in [4.69, 9.17) is 4.74 Å². The molecule has 0 radical (unpaired) electrons. The Labute approximate surface area is 198 Å². The number of ether oxygens (including phenoxy) is 1. The van der Waals surface area contributed by atoms with Crippen molar-refractivity contribution in [1.82, 2.24) is 0 Å². The maximum absolute atomic E-state index is 10.4. The Morgan fingerprint density at radius 2 is 1.41 bits per heavy atom. The number of hydrogen-bond donors (Lipinski definition) is 0. The molecule has 1 rings (SSSR count). The van der Waals surface area contributed by atoms with E-state index in [-0.39, 0.29) is 4.90 Å². The highest BCUT2D eigenvalue weighted by molar-refractivity contribution is 7.85. The van der Waals surface area contributed by atoms with Crippen molar-refractivity contribution in [2.24, 2.45) is 0 Å². The molecule has 0 heterocycles. The number of quaternary nitrogens is 1. The van der Waals surface area contributed by atoms with Gasteiger partial charge in [0.2, 0.25) is 0 Å². The van der Waals surface area contributed by atoms with Crippen LogP contribution in [0, 0.1) is 6.92 Å². The summed E-state index contributed by atoms with van der Waals surface area (Å²) in [6.45, 7) is 21.8. The van der Waals surface area contributed by atoms with Crippen LogP contribution in [0.2, 0.25) is 0 Å². The summed E-state index contributed by atoms with van der Waals surface area (Å²) in [7, 11) is -4.27. The van der Waals surface area contributed by atoms with Gasteiger partial charge >= 0.3 is 0 Å². The molecular formula is C26H47NO4S. The van der Waals surface area contributed by atoms with Gasteiger partial charge in [-0.25, -0.2) is 8.42 Å². The molecule has 0 aromatic heterocycles. The van der Waals surface area contributed by atoms with E-state index in [0.717, 1.165) is 24.4 Å². The van der Waals surface area contributed by atoms with Gasteiger partial charge in [-0.05, 0) is 64.5 Å². The summed E-state index contributed by atoms with van der Waals surface area (Å²) in [5.41, 5.74) is 2.05. The van der Waals surface area contributed by atoms with Crippen molar-refractivity contribution in [1.29, 1.82) is 0 Å². The lowest BCUT2D eigenvalue weighted by Gasteiger charge is -2.38. The summed E-state index contributed by atoms with van der Waals surface area (Å²) in [5.74, 6) is 0. The lowest BCUT2D eigenvalue weighted by molar-refractivity contribution is -0.928. The average molecular weight is 470 g/mol. The Hall–Kier alpha value is -1.21. The molecule has 0 unspecified atom stereocenters. The monoisotopic (exact) mass is 469 g/mol. The van der Waals surface area contributed by atoms with Crippen LogP contribution >= 0.6 is 0 Å². The first kappa shape index (κ1) is 30.8. The van der Waals surface area contributed by atoms with Gasteiger partial charge in [0.15, 0.2) is 0 Å². The average Bonchev–Trinajstić information content (AvgIpc) is 2.70. The van der Waals surface area contributed by atoms with E-state index >= 15 is 0 Å². The molecule has 0 aliphatic heterocycles. The zero-order chi connectivity index (χ0) is 24.5. The van der Waals surface area contributed by atoms with Gasteiger partial charge in [0, 0.05) is 6.61 Å². The van der Waals surface area contributed by atoms with Gasteiger partial charge in [0.25, 0.3) is 0 Å². The summed E-state index contributed by atoms with van der Waals surface area (Å²) in [6, 6.07) is 5.78. The standard InChI is InChI=1S/C19H40NO.C7H8O3S/c1-6-13-20(14-7-2,15-8-3)16-11-9-10-12-17-21-18-19(4)5;1-6-2-4-7(5-3-6)11(8,9)10/h4,6-18H2,1-3,5H3;2-5H,1H3,(H,8,9,10)/q+1;/p-1. The molecule has 0 N–H and O–H groups in total. The van der Waals surface area contributed by atoms with E-state index in [0.29, 0.717) is 0 Å². The Balaban J connectivity index is 0.000000726. The number of aryl methyl sites for hydroxylation is 1. The minimum absolute atomic E-state index is 0.178. The molecule has 5 nitrogen and oxygen atoms in total. The molecule has 0 saturated heterocycles. The third kappa shape index (κ3) is 14.8. The zero-order valence-electron chi connectivity index (χ0n) is 21.2. The predicted molar refractivity (Wildman–Crippen MR) is 134 cm³/mol. The highest BCUT2D eigenvalue weighted by atomic mass is 32.2. The minimum Gasteiger partial charge on any atom is -0.744 e. The van der Waals surface area contributed by atoms with Crippen LogP contribution in [0.3, 0.4) is 0 Å². The summed E-state index contributed by atoms with van der Waals surface area (Å²) in [6.07, 6.45) is 9.18. The van der Waals surface area contributed by atoms with Gasteiger partial charge in [-0.1, -0.05) is 57.0 Å². The number of rotatable bonds is 16. The van der Waals surface area contributed by atoms with E-state index in [1.54, 1.807) is 12.1 Å².